The van der Waals surface area contributed by atoms with Crippen molar-refractivity contribution < 1.29 is 8.78 Å². The Kier molecular flexibility index (Phi) is 3.24. The molecule has 1 aliphatic rings. The molecule has 0 spiro atoms. The van der Waals surface area contributed by atoms with Crippen molar-refractivity contribution in [2.45, 2.75) is 32.2 Å². The Labute approximate surface area is 94.7 Å². The lowest BCUT2D eigenvalue weighted by Gasteiger charge is -2.18. The third-order valence-corrected chi connectivity index (χ3v) is 3.71. The van der Waals surface area contributed by atoms with Crippen LogP contribution in [0, 0.1) is 23.5 Å². The van der Waals surface area contributed by atoms with E-state index in [0.29, 0.717) is 11.8 Å². The summed E-state index contributed by atoms with van der Waals surface area (Å²) in [5.74, 6) is -0.0996. The van der Waals surface area contributed by atoms with Gasteiger partial charge in [0.15, 0.2) is 0 Å². The number of hydrogen-bond acceptors (Lipinski definition) is 1. The minimum Gasteiger partial charge on any atom is -0.327 e. The van der Waals surface area contributed by atoms with Gasteiger partial charge in [0.05, 0.1) is 0 Å². The van der Waals surface area contributed by atoms with Gasteiger partial charge in [0.1, 0.15) is 11.6 Å². The number of rotatable bonds is 2. The fourth-order valence-corrected chi connectivity index (χ4v) is 2.60. The molecule has 1 fully saturated rings. The topological polar surface area (TPSA) is 26.0 Å². The summed E-state index contributed by atoms with van der Waals surface area (Å²) in [6, 6.07) is 3.98. The quantitative estimate of drug-likeness (QED) is 0.822. The Morgan fingerprint density at radius 1 is 1.19 bits per heavy atom. The van der Waals surface area contributed by atoms with Crippen molar-refractivity contribution in [3.05, 3.63) is 35.4 Å². The summed E-state index contributed by atoms with van der Waals surface area (Å²) in [6.45, 7) is 2.12. The van der Waals surface area contributed by atoms with Gasteiger partial charge in [-0.3, -0.25) is 0 Å². The molecule has 2 rings (SSSR count). The molecule has 3 heteroatoms. The first-order chi connectivity index (χ1) is 7.56. The predicted octanol–water partition coefficient (Wildman–Crippen LogP) is 2.88. The molecular weight excluding hydrogens is 208 g/mol. The van der Waals surface area contributed by atoms with Gasteiger partial charge in [-0.05, 0) is 48.8 Å². The van der Waals surface area contributed by atoms with E-state index in [1.165, 1.54) is 12.1 Å². The van der Waals surface area contributed by atoms with Crippen molar-refractivity contribution in [2.24, 2.45) is 17.6 Å². The van der Waals surface area contributed by atoms with E-state index < -0.39 is 11.6 Å². The maximum atomic E-state index is 13.0. The summed E-state index contributed by atoms with van der Waals surface area (Å²) >= 11 is 0. The van der Waals surface area contributed by atoms with Crippen molar-refractivity contribution in [3.8, 4) is 0 Å². The van der Waals surface area contributed by atoms with Crippen LogP contribution in [0.15, 0.2) is 18.2 Å². The first-order valence-electron chi connectivity index (χ1n) is 5.77. The number of benzene rings is 1. The summed E-state index contributed by atoms with van der Waals surface area (Å²) < 4.78 is 26.0. The van der Waals surface area contributed by atoms with E-state index in [-0.39, 0.29) is 6.04 Å². The minimum absolute atomic E-state index is 0.239. The molecule has 1 aliphatic carbocycles. The van der Waals surface area contributed by atoms with Crippen LogP contribution in [0.5, 0.6) is 0 Å². The largest absolute Gasteiger partial charge is 0.327 e. The maximum Gasteiger partial charge on any atom is 0.126 e. The van der Waals surface area contributed by atoms with Crippen LogP contribution in [-0.4, -0.2) is 6.04 Å². The Morgan fingerprint density at radius 3 is 2.31 bits per heavy atom. The van der Waals surface area contributed by atoms with Crippen molar-refractivity contribution >= 4 is 0 Å². The van der Waals surface area contributed by atoms with Crippen molar-refractivity contribution in [1.29, 1.82) is 0 Å². The zero-order valence-electron chi connectivity index (χ0n) is 9.42. The van der Waals surface area contributed by atoms with E-state index in [4.69, 9.17) is 5.73 Å². The molecule has 3 atom stereocenters. The molecule has 3 unspecified atom stereocenters. The second-order valence-corrected chi connectivity index (χ2v) is 4.84. The van der Waals surface area contributed by atoms with Crippen LogP contribution in [0.4, 0.5) is 8.78 Å². The van der Waals surface area contributed by atoms with Gasteiger partial charge in [-0.25, -0.2) is 8.78 Å². The van der Waals surface area contributed by atoms with Gasteiger partial charge in [-0.2, -0.15) is 0 Å². The maximum absolute atomic E-state index is 13.0. The summed E-state index contributed by atoms with van der Waals surface area (Å²) in [5, 5.41) is 0. The van der Waals surface area contributed by atoms with E-state index in [1.807, 2.05) is 0 Å². The fourth-order valence-electron chi connectivity index (χ4n) is 2.60. The molecule has 0 aromatic heterocycles. The summed E-state index contributed by atoms with van der Waals surface area (Å²) in [7, 11) is 0. The van der Waals surface area contributed by atoms with Gasteiger partial charge >= 0.3 is 0 Å². The van der Waals surface area contributed by atoms with E-state index in [2.05, 4.69) is 6.92 Å². The van der Waals surface area contributed by atoms with Crippen LogP contribution in [0.1, 0.15) is 25.3 Å². The third-order valence-electron chi connectivity index (χ3n) is 3.71. The lowest BCUT2D eigenvalue weighted by Crippen LogP contribution is -2.25. The van der Waals surface area contributed by atoms with E-state index >= 15 is 0 Å². The SMILES string of the molecule is CC1C(N)CCC1Cc1cc(F)cc(F)c1. The van der Waals surface area contributed by atoms with Gasteiger partial charge in [0.25, 0.3) is 0 Å². The lowest BCUT2D eigenvalue weighted by atomic mass is 9.90. The average Bonchev–Trinajstić information content (AvgIpc) is 2.48. The molecule has 1 aromatic rings. The molecule has 1 saturated carbocycles. The van der Waals surface area contributed by atoms with Gasteiger partial charge in [-0.1, -0.05) is 6.92 Å². The highest BCUT2D eigenvalue weighted by atomic mass is 19.1. The van der Waals surface area contributed by atoms with Gasteiger partial charge in [0, 0.05) is 12.1 Å². The molecule has 0 aliphatic heterocycles. The Balaban J connectivity index is 2.09. The highest BCUT2D eigenvalue weighted by Gasteiger charge is 2.30. The van der Waals surface area contributed by atoms with Crippen LogP contribution in [-0.2, 0) is 6.42 Å². The minimum atomic E-state index is -0.495. The van der Waals surface area contributed by atoms with Gasteiger partial charge in [0.2, 0.25) is 0 Å². The standard InChI is InChI=1S/C13H17F2N/c1-8-10(2-3-13(8)16)4-9-5-11(14)7-12(15)6-9/h5-8,10,13H,2-4,16H2,1H3. The molecule has 0 heterocycles. The van der Waals surface area contributed by atoms with Crippen molar-refractivity contribution in [2.75, 3.05) is 0 Å². The zero-order chi connectivity index (χ0) is 11.7. The first kappa shape index (κ1) is 11.5. The molecule has 88 valence electrons. The first-order valence-corrected chi connectivity index (χ1v) is 5.77. The highest BCUT2D eigenvalue weighted by molar-refractivity contribution is 5.19. The molecule has 1 nitrogen and oxygen atoms in total. The summed E-state index contributed by atoms with van der Waals surface area (Å²) in [5.41, 5.74) is 6.67. The Hall–Kier alpha value is -0.960. The normalized spacial score (nSPS) is 29.6. The highest BCUT2D eigenvalue weighted by Crippen LogP contribution is 2.33. The lowest BCUT2D eigenvalue weighted by molar-refractivity contribution is 0.389. The van der Waals surface area contributed by atoms with Gasteiger partial charge < -0.3 is 5.73 Å². The van der Waals surface area contributed by atoms with E-state index in [1.54, 1.807) is 0 Å². The van der Waals surface area contributed by atoms with E-state index in [0.717, 1.165) is 30.9 Å². The second-order valence-electron chi connectivity index (χ2n) is 4.84. The van der Waals surface area contributed by atoms with Crippen molar-refractivity contribution in [1.82, 2.24) is 0 Å². The van der Waals surface area contributed by atoms with Crippen LogP contribution in [0.25, 0.3) is 0 Å². The van der Waals surface area contributed by atoms with E-state index in [9.17, 15) is 8.78 Å². The smallest absolute Gasteiger partial charge is 0.126 e. The molecule has 0 saturated heterocycles. The Morgan fingerprint density at radius 2 is 1.81 bits per heavy atom. The number of hydrogen-bond donors (Lipinski definition) is 1. The molecule has 0 bridgehead atoms. The molecular formula is C13H17F2N. The van der Waals surface area contributed by atoms with Gasteiger partial charge in [-0.15, -0.1) is 0 Å². The number of nitrogens with two attached hydrogens (primary N) is 1. The molecule has 0 radical (unpaired) electrons. The third kappa shape index (κ3) is 2.40. The zero-order valence-corrected chi connectivity index (χ0v) is 9.42. The molecule has 0 amide bonds. The average molecular weight is 225 g/mol. The fraction of sp³-hybridized carbons (Fsp3) is 0.538. The van der Waals surface area contributed by atoms with Crippen LogP contribution in [0.3, 0.4) is 0 Å². The predicted molar refractivity (Wildman–Crippen MR) is 59.9 cm³/mol. The molecule has 1 aromatic carbocycles. The van der Waals surface area contributed by atoms with Crippen molar-refractivity contribution in [3.63, 3.8) is 0 Å². The van der Waals surface area contributed by atoms with Crippen LogP contribution >= 0.6 is 0 Å². The summed E-state index contributed by atoms with van der Waals surface area (Å²) in [6.07, 6.45) is 2.80. The second kappa shape index (κ2) is 4.50. The molecule has 2 N–H and O–H groups in total. The summed E-state index contributed by atoms with van der Waals surface area (Å²) in [4.78, 5) is 0. The Bertz CT molecular complexity index is 358. The monoisotopic (exact) mass is 225 g/mol. The van der Waals surface area contributed by atoms with Crippen LogP contribution < -0.4 is 5.73 Å². The van der Waals surface area contributed by atoms with Crippen LogP contribution in [0.2, 0.25) is 0 Å². The molecule has 16 heavy (non-hydrogen) atoms. The number of halogens is 2.